The van der Waals surface area contributed by atoms with Gasteiger partial charge in [-0.05, 0) is 25.0 Å². The first-order valence-electron chi connectivity index (χ1n) is 9.17. The summed E-state index contributed by atoms with van der Waals surface area (Å²) >= 11 is 0. The zero-order valence-electron chi connectivity index (χ0n) is 14.9. The smallest absolute Gasteiger partial charge is 0.226 e. The number of rotatable bonds is 3. The van der Waals surface area contributed by atoms with Gasteiger partial charge in [-0.1, -0.05) is 18.2 Å². The summed E-state index contributed by atoms with van der Waals surface area (Å²) in [4.78, 5) is 32.2. The van der Waals surface area contributed by atoms with Crippen LogP contribution in [0.5, 0.6) is 5.88 Å². The highest BCUT2D eigenvalue weighted by Gasteiger charge is 2.37. The van der Waals surface area contributed by atoms with Crippen molar-refractivity contribution in [1.82, 2.24) is 14.8 Å². The number of fused-ring (bicyclic) bond motifs is 1. The number of aromatic nitrogens is 1. The number of pyridine rings is 1. The van der Waals surface area contributed by atoms with Crippen LogP contribution in [0.2, 0.25) is 0 Å². The molecule has 2 aromatic rings. The predicted octanol–water partition coefficient (Wildman–Crippen LogP) is 2.08. The number of para-hydroxylation sites is 1. The quantitative estimate of drug-likeness (QED) is 0.848. The van der Waals surface area contributed by atoms with E-state index in [4.69, 9.17) is 4.74 Å². The Kier molecular flexibility index (Phi) is 4.49. The Bertz CT molecular complexity index is 824. The Morgan fingerprint density at radius 2 is 1.77 bits per heavy atom. The molecule has 0 aliphatic carbocycles. The third kappa shape index (κ3) is 3.36. The molecular formula is C20H23N3O3. The van der Waals surface area contributed by atoms with E-state index in [1.807, 2.05) is 46.2 Å². The summed E-state index contributed by atoms with van der Waals surface area (Å²) < 4.78 is 5.92. The molecule has 6 heteroatoms. The van der Waals surface area contributed by atoms with Crippen molar-refractivity contribution in [3.8, 4) is 5.88 Å². The van der Waals surface area contributed by atoms with Crippen LogP contribution in [0.1, 0.15) is 19.8 Å². The molecule has 0 radical (unpaired) electrons. The Hall–Kier alpha value is -2.63. The van der Waals surface area contributed by atoms with Crippen LogP contribution in [0.25, 0.3) is 10.9 Å². The highest BCUT2D eigenvalue weighted by Crippen LogP contribution is 2.25. The largest absolute Gasteiger partial charge is 0.471 e. The van der Waals surface area contributed by atoms with Crippen molar-refractivity contribution < 1.29 is 14.3 Å². The Labute approximate surface area is 152 Å². The average molecular weight is 353 g/mol. The maximum absolute atomic E-state index is 12.6. The van der Waals surface area contributed by atoms with E-state index in [2.05, 4.69) is 4.98 Å². The summed E-state index contributed by atoms with van der Waals surface area (Å²) in [5, 5.41) is 1.09. The van der Waals surface area contributed by atoms with Gasteiger partial charge in [0.25, 0.3) is 0 Å². The lowest BCUT2D eigenvalue weighted by Gasteiger charge is -2.42. The monoisotopic (exact) mass is 353 g/mol. The Balaban J connectivity index is 1.28. The van der Waals surface area contributed by atoms with Gasteiger partial charge in [0.1, 0.15) is 6.10 Å². The van der Waals surface area contributed by atoms with E-state index in [1.54, 1.807) is 6.92 Å². The van der Waals surface area contributed by atoms with Gasteiger partial charge in [0, 0.05) is 37.4 Å². The lowest BCUT2D eigenvalue weighted by Crippen LogP contribution is -2.58. The molecule has 2 fully saturated rings. The average Bonchev–Trinajstić information content (AvgIpc) is 2.63. The van der Waals surface area contributed by atoms with Crippen LogP contribution >= 0.6 is 0 Å². The van der Waals surface area contributed by atoms with Crippen molar-refractivity contribution in [3.05, 3.63) is 36.4 Å². The van der Waals surface area contributed by atoms with Crippen LogP contribution in [-0.2, 0) is 9.59 Å². The molecule has 0 unspecified atom stereocenters. The standard InChI is InChI=1S/C20H23N3O3/c1-14(24)22-10-8-16(9-11-22)20(25)23-12-17(13-23)26-19-7-6-15-4-2-3-5-18(15)21-19/h2-7,16-17H,8-13H2,1H3. The van der Waals surface area contributed by atoms with Crippen molar-refractivity contribution in [1.29, 1.82) is 0 Å². The third-order valence-corrected chi connectivity index (χ3v) is 5.31. The molecule has 0 spiro atoms. The fraction of sp³-hybridized carbons (Fsp3) is 0.450. The second-order valence-electron chi connectivity index (χ2n) is 7.11. The van der Waals surface area contributed by atoms with E-state index in [1.165, 1.54) is 0 Å². The molecule has 4 rings (SSSR count). The van der Waals surface area contributed by atoms with Crippen molar-refractivity contribution in [3.63, 3.8) is 0 Å². The minimum Gasteiger partial charge on any atom is -0.471 e. The van der Waals surface area contributed by atoms with Gasteiger partial charge in [0.05, 0.1) is 18.6 Å². The highest BCUT2D eigenvalue weighted by atomic mass is 16.5. The topological polar surface area (TPSA) is 62.7 Å². The number of hydrogen-bond donors (Lipinski definition) is 0. The van der Waals surface area contributed by atoms with E-state index in [0.29, 0.717) is 32.1 Å². The fourth-order valence-corrected chi connectivity index (χ4v) is 3.68. The zero-order valence-corrected chi connectivity index (χ0v) is 14.9. The van der Waals surface area contributed by atoms with Gasteiger partial charge in [-0.2, -0.15) is 0 Å². The number of carbonyl (C=O) groups is 2. The minimum absolute atomic E-state index is 0.00456. The summed E-state index contributed by atoms with van der Waals surface area (Å²) in [5.41, 5.74) is 0.912. The Morgan fingerprint density at radius 1 is 1.04 bits per heavy atom. The van der Waals surface area contributed by atoms with E-state index in [-0.39, 0.29) is 23.8 Å². The summed E-state index contributed by atoms with van der Waals surface area (Å²) in [6.07, 6.45) is 1.52. The lowest BCUT2D eigenvalue weighted by molar-refractivity contribution is -0.147. The second kappa shape index (κ2) is 6.94. The number of ether oxygens (including phenoxy) is 1. The van der Waals surface area contributed by atoms with Gasteiger partial charge in [0.15, 0.2) is 0 Å². The third-order valence-electron chi connectivity index (χ3n) is 5.31. The van der Waals surface area contributed by atoms with Crippen LogP contribution in [0, 0.1) is 5.92 Å². The number of likely N-dealkylation sites (tertiary alicyclic amines) is 2. The van der Waals surface area contributed by atoms with E-state index in [0.717, 1.165) is 23.7 Å². The summed E-state index contributed by atoms with van der Waals surface area (Å²) in [5.74, 6) is 0.927. The maximum atomic E-state index is 12.6. The number of carbonyl (C=O) groups excluding carboxylic acids is 2. The van der Waals surface area contributed by atoms with E-state index in [9.17, 15) is 9.59 Å². The molecule has 0 N–H and O–H groups in total. The molecule has 2 amide bonds. The molecule has 3 heterocycles. The zero-order chi connectivity index (χ0) is 18.1. The first-order chi connectivity index (χ1) is 12.6. The molecule has 0 saturated carbocycles. The maximum Gasteiger partial charge on any atom is 0.226 e. The van der Waals surface area contributed by atoms with E-state index >= 15 is 0 Å². The van der Waals surface area contributed by atoms with Crippen molar-refractivity contribution in [2.45, 2.75) is 25.9 Å². The first kappa shape index (κ1) is 16.8. The van der Waals surface area contributed by atoms with Gasteiger partial charge in [-0.25, -0.2) is 4.98 Å². The normalized spacial score (nSPS) is 18.7. The SMILES string of the molecule is CC(=O)N1CCC(C(=O)N2CC(Oc3ccc4ccccc4n3)C2)CC1. The van der Waals surface area contributed by atoms with Crippen molar-refractivity contribution in [2.75, 3.05) is 26.2 Å². The van der Waals surface area contributed by atoms with Crippen molar-refractivity contribution in [2.24, 2.45) is 5.92 Å². The number of benzene rings is 1. The molecule has 0 atom stereocenters. The number of piperidine rings is 1. The van der Waals surface area contributed by atoms with Crippen LogP contribution < -0.4 is 4.74 Å². The Morgan fingerprint density at radius 3 is 2.50 bits per heavy atom. The number of nitrogens with zero attached hydrogens (tertiary/aromatic N) is 3. The molecule has 26 heavy (non-hydrogen) atoms. The molecule has 6 nitrogen and oxygen atoms in total. The fourth-order valence-electron chi connectivity index (χ4n) is 3.68. The van der Waals surface area contributed by atoms with Gasteiger partial charge in [0.2, 0.25) is 17.7 Å². The van der Waals surface area contributed by atoms with Crippen LogP contribution in [-0.4, -0.2) is 58.9 Å². The summed E-state index contributed by atoms with van der Waals surface area (Å²) in [6, 6.07) is 11.8. The predicted molar refractivity (Wildman–Crippen MR) is 97.7 cm³/mol. The molecule has 2 aliphatic heterocycles. The van der Waals surface area contributed by atoms with Crippen molar-refractivity contribution >= 4 is 22.7 Å². The molecular weight excluding hydrogens is 330 g/mol. The van der Waals surface area contributed by atoms with Crippen LogP contribution in [0.15, 0.2) is 36.4 Å². The second-order valence-corrected chi connectivity index (χ2v) is 7.11. The van der Waals surface area contributed by atoms with Gasteiger partial charge in [-0.3, -0.25) is 9.59 Å². The van der Waals surface area contributed by atoms with Gasteiger partial charge >= 0.3 is 0 Å². The number of amides is 2. The molecule has 136 valence electrons. The van der Waals surface area contributed by atoms with Gasteiger partial charge in [-0.15, -0.1) is 0 Å². The lowest BCUT2D eigenvalue weighted by atomic mass is 9.93. The van der Waals surface area contributed by atoms with Gasteiger partial charge < -0.3 is 14.5 Å². The van der Waals surface area contributed by atoms with Crippen LogP contribution in [0.3, 0.4) is 0 Å². The first-order valence-corrected chi connectivity index (χ1v) is 9.17. The molecule has 1 aromatic heterocycles. The summed E-state index contributed by atoms with van der Waals surface area (Å²) in [6.45, 7) is 4.17. The molecule has 2 saturated heterocycles. The van der Waals surface area contributed by atoms with Crippen LogP contribution in [0.4, 0.5) is 0 Å². The van der Waals surface area contributed by atoms with E-state index < -0.39 is 0 Å². The molecule has 1 aromatic carbocycles. The minimum atomic E-state index is 0.00456. The number of hydrogen-bond acceptors (Lipinski definition) is 4. The summed E-state index contributed by atoms with van der Waals surface area (Å²) in [7, 11) is 0. The molecule has 0 bridgehead atoms. The highest BCUT2D eigenvalue weighted by molar-refractivity contribution is 5.81. The molecule has 2 aliphatic rings.